The van der Waals surface area contributed by atoms with Crippen LogP contribution in [0.2, 0.25) is 0 Å². The van der Waals surface area contributed by atoms with Crippen molar-refractivity contribution in [2.24, 2.45) is 0 Å². The van der Waals surface area contributed by atoms with E-state index in [0.717, 1.165) is 6.42 Å². The van der Waals surface area contributed by atoms with Crippen molar-refractivity contribution < 1.29 is 9.09 Å². The van der Waals surface area contributed by atoms with Crippen LogP contribution in [0.15, 0.2) is 36.4 Å². The lowest BCUT2D eigenvalue weighted by atomic mass is 9.94. The third kappa shape index (κ3) is 3.42. The molecule has 0 saturated heterocycles. The molecule has 0 aliphatic rings. The molecule has 2 nitrogen and oxygen atoms in total. The summed E-state index contributed by atoms with van der Waals surface area (Å²) >= 11 is 0. The molecule has 0 amide bonds. The molecule has 0 fully saturated rings. The van der Waals surface area contributed by atoms with Crippen molar-refractivity contribution in [2.45, 2.75) is 27.2 Å². The van der Waals surface area contributed by atoms with Gasteiger partial charge in [-0.15, -0.1) is 0 Å². The summed E-state index contributed by atoms with van der Waals surface area (Å²) in [6.45, 7) is 6.43. The van der Waals surface area contributed by atoms with Crippen LogP contribution in [0.5, 0.6) is 5.75 Å². The maximum atomic E-state index is 10.3. The predicted molar refractivity (Wildman–Crippen MR) is 78.1 cm³/mol. The predicted octanol–water partition coefficient (Wildman–Crippen LogP) is 4.79. The molecular formula is C16H17O2P. The van der Waals surface area contributed by atoms with Gasteiger partial charge in [-0.2, -0.15) is 0 Å². The van der Waals surface area contributed by atoms with Gasteiger partial charge in [-0.25, -0.2) is 4.57 Å². The molecule has 3 heteroatoms. The highest BCUT2D eigenvalue weighted by atomic mass is 31.1. The maximum Gasteiger partial charge on any atom is 0.395 e. The fourth-order valence-electron chi connectivity index (χ4n) is 2.40. The Labute approximate surface area is 115 Å². The quantitative estimate of drug-likeness (QED) is 0.748. The Hall–Kier alpha value is -1.66. The number of rotatable bonds is 4. The standard InChI is InChI=1S/C16H17O2P/c1-11-8-12(2)16(13(3)9-11)10-14-4-6-15(7-5-14)18-19-17/h4-9H,10H2,1-3H3. The summed E-state index contributed by atoms with van der Waals surface area (Å²) in [6.07, 6.45) is 0.910. The minimum Gasteiger partial charge on any atom is -0.408 e. The SMILES string of the molecule is Cc1cc(C)c(Cc2ccc(OP=O)cc2)c(C)c1. The number of aryl methyl sites for hydroxylation is 3. The molecule has 0 saturated carbocycles. The molecule has 98 valence electrons. The fourth-order valence-corrected chi connectivity index (χ4v) is 2.61. The molecule has 0 aliphatic carbocycles. The Morgan fingerprint density at radius 1 is 1.00 bits per heavy atom. The lowest BCUT2D eigenvalue weighted by Crippen LogP contribution is -1.96. The van der Waals surface area contributed by atoms with Gasteiger partial charge >= 0.3 is 8.69 Å². The Kier molecular flexibility index (Phi) is 4.34. The van der Waals surface area contributed by atoms with E-state index in [2.05, 4.69) is 32.9 Å². The van der Waals surface area contributed by atoms with E-state index in [1.54, 1.807) is 0 Å². The van der Waals surface area contributed by atoms with Crippen LogP contribution in [0.1, 0.15) is 27.8 Å². The Balaban J connectivity index is 2.23. The highest BCUT2D eigenvalue weighted by Gasteiger charge is 2.05. The third-order valence-corrected chi connectivity index (χ3v) is 3.57. The van der Waals surface area contributed by atoms with Gasteiger partial charge in [-0.05, 0) is 61.6 Å². The Morgan fingerprint density at radius 3 is 2.11 bits per heavy atom. The zero-order chi connectivity index (χ0) is 13.8. The summed E-state index contributed by atoms with van der Waals surface area (Å²) in [5, 5.41) is 0. The first-order valence-electron chi connectivity index (χ1n) is 6.25. The molecular weight excluding hydrogens is 255 g/mol. The Bertz CT molecular complexity index is 565. The molecule has 0 spiro atoms. The average Bonchev–Trinajstić information content (AvgIpc) is 2.36. The van der Waals surface area contributed by atoms with Crippen LogP contribution in [-0.2, 0) is 11.0 Å². The van der Waals surface area contributed by atoms with Gasteiger partial charge in [0.1, 0.15) is 5.75 Å². The van der Waals surface area contributed by atoms with Crippen LogP contribution in [0.25, 0.3) is 0 Å². The zero-order valence-corrected chi connectivity index (χ0v) is 12.3. The van der Waals surface area contributed by atoms with Crippen molar-refractivity contribution >= 4 is 8.69 Å². The highest BCUT2D eigenvalue weighted by Crippen LogP contribution is 2.22. The van der Waals surface area contributed by atoms with Gasteiger partial charge in [0.15, 0.2) is 0 Å². The van der Waals surface area contributed by atoms with Crippen LogP contribution in [-0.4, -0.2) is 0 Å². The van der Waals surface area contributed by atoms with Crippen molar-refractivity contribution in [1.29, 1.82) is 0 Å². The molecule has 0 bridgehead atoms. The molecule has 2 aromatic carbocycles. The first-order chi connectivity index (χ1) is 9.10. The lowest BCUT2D eigenvalue weighted by Gasteiger charge is -2.11. The van der Waals surface area contributed by atoms with E-state index < -0.39 is 0 Å². The van der Waals surface area contributed by atoms with Crippen LogP contribution in [0.3, 0.4) is 0 Å². The molecule has 0 heterocycles. The van der Waals surface area contributed by atoms with E-state index in [9.17, 15) is 4.57 Å². The third-order valence-electron chi connectivity index (χ3n) is 3.29. The number of hydrogen-bond acceptors (Lipinski definition) is 2. The van der Waals surface area contributed by atoms with Gasteiger partial charge in [0.05, 0.1) is 0 Å². The van der Waals surface area contributed by atoms with E-state index >= 15 is 0 Å². The number of benzene rings is 2. The van der Waals surface area contributed by atoms with E-state index in [-0.39, 0.29) is 8.69 Å². The second-order valence-corrected chi connectivity index (χ2v) is 5.20. The van der Waals surface area contributed by atoms with Crippen molar-refractivity contribution in [2.75, 3.05) is 0 Å². The van der Waals surface area contributed by atoms with Crippen molar-refractivity contribution in [1.82, 2.24) is 0 Å². The van der Waals surface area contributed by atoms with Gasteiger partial charge in [0.2, 0.25) is 0 Å². The van der Waals surface area contributed by atoms with E-state index in [4.69, 9.17) is 4.52 Å². The van der Waals surface area contributed by atoms with Gasteiger partial charge in [-0.3, -0.25) is 0 Å². The first-order valence-corrected chi connectivity index (χ1v) is 6.98. The summed E-state index contributed by atoms with van der Waals surface area (Å²) in [4.78, 5) is 0. The topological polar surface area (TPSA) is 26.3 Å². The van der Waals surface area contributed by atoms with Gasteiger partial charge in [-0.1, -0.05) is 29.8 Å². The molecule has 2 aromatic rings. The van der Waals surface area contributed by atoms with Crippen molar-refractivity contribution in [3.63, 3.8) is 0 Å². The second kappa shape index (κ2) is 5.99. The summed E-state index contributed by atoms with van der Waals surface area (Å²) in [5.41, 5.74) is 6.56. The summed E-state index contributed by atoms with van der Waals surface area (Å²) < 4.78 is 15.2. The molecule has 0 aliphatic heterocycles. The molecule has 0 unspecified atom stereocenters. The average molecular weight is 272 g/mol. The normalized spacial score (nSPS) is 10.7. The zero-order valence-electron chi connectivity index (χ0n) is 11.4. The first kappa shape index (κ1) is 13.8. The van der Waals surface area contributed by atoms with Gasteiger partial charge < -0.3 is 4.52 Å². The van der Waals surface area contributed by atoms with E-state index in [1.165, 1.54) is 27.8 Å². The highest BCUT2D eigenvalue weighted by molar-refractivity contribution is 7.17. The lowest BCUT2D eigenvalue weighted by molar-refractivity contribution is 0.525. The molecule has 19 heavy (non-hydrogen) atoms. The molecule has 0 aromatic heterocycles. The van der Waals surface area contributed by atoms with E-state index in [0.29, 0.717) is 5.75 Å². The van der Waals surface area contributed by atoms with Gasteiger partial charge in [0.25, 0.3) is 0 Å². The van der Waals surface area contributed by atoms with Crippen molar-refractivity contribution in [3.8, 4) is 5.75 Å². The van der Waals surface area contributed by atoms with Crippen LogP contribution >= 0.6 is 8.69 Å². The number of hydrogen-bond donors (Lipinski definition) is 0. The minimum atomic E-state index is -0.314. The van der Waals surface area contributed by atoms with Crippen LogP contribution < -0.4 is 4.52 Å². The summed E-state index contributed by atoms with van der Waals surface area (Å²) in [5.74, 6) is 0.623. The minimum absolute atomic E-state index is 0.314. The molecule has 0 radical (unpaired) electrons. The van der Waals surface area contributed by atoms with Gasteiger partial charge in [0, 0.05) is 0 Å². The molecule has 0 atom stereocenters. The maximum absolute atomic E-state index is 10.3. The Morgan fingerprint density at radius 2 is 1.58 bits per heavy atom. The second-order valence-electron chi connectivity index (χ2n) is 4.86. The molecule has 2 rings (SSSR count). The van der Waals surface area contributed by atoms with Crippen LogP contribution in [0, 0.1) is 20.8 Å². The van der Waals surface area contributed by atoms with Crippen LogP contribution in [0.4, 0.5) is 0 Å². The smallest absolute Gasteiger partial charge is 0.395 e. The summed E-state index contributed by atoms with van der Waals surface area (Å²) in [6, 6.07) is 12.2. The fraction of sp³-hybridized carbons (Fsp3) is 0.250. The van der Waals surface area contributed by atoms with E-state index in [1.807, 2.05) is 24.3 Å². The largest absolute Gasteiger partial charge is 0.408 e. The molecule has 0 N–H and O–H groups in total. The monoisotopic (exact) mass is 272 g/mol. The summed E-state index contributed by atoms with van der Waals surface area (Å²) in [7, 11) is -0.314. The van der Waals surface area contributed by atoms with Crippen molar-refractivity contribution in [3.05, 3.63) is 64.2 Å².